The second-order valence-electron chi connectivity index (χ2n) is 5.98. The van der Waals surface area contributed by atoms with Gasteiger partial charge < -0.3 is 4.74 Å². The minimum atomic E-state index is -0.486. The monoisotopic (exact) mass is 402 g/mol. The number of halogens is 2. The first-order valence-electron chi connectivity index (χ1n) is 8.14. The van der Waals surface area contributed by atoms with Gasteiger partial charge in [0.15, 0.2) is 0 Å². The predicted molar refractivity (Wildman–Crippen MR) is 104 cm³/mol. The molecule has 0 amide bonds. The first-order chi connectivity index (χ1) is 12.9. The van der Waals surface area contributed by atoms with Crippen molar-refractivity contribution in [3.05, 3.63) is 81.0 Å². The molecule has 1 aromatic heterocycles. The van der Waals surface area contributed by atoms with E-state index in [-0.39, 0.29) is 34.2 Å². The van der Waals surface area contributed by atoms with Gasteiger partial charge in [-0.25, -0.2) is 4.68 Å². The Bertz CT molecular complexity index is 1010. The van der Waals surface area contributed by atoms with Gasteiger partial charge in [0, 0.05) is 17.6 Å². The summed E-state index contributed by atoms with van der Waals surface area (Å²) in [4.78, 5) is 25.3. The van der Waals surface area contributed by atoms with Crippen molar-refractivity contribution in [2.24, 2.45) is 7.05 Å². The SMILES string of the molecule is Cc1nn(C)c(OC(=O)Cc2ccccc2)c1C(=O)c1ccc(Cl)cc1Cl. The number of benzene rings is 2. The summed E-state index contributed by atoms with van der Waals surface area (Å²) in [6.45, 7) is 1.67. The van der Waals surface area contributed by atoms with Gasteiger partial charge in [0.2, 0.25) is 11.7 Å². The molecule has 7 heteroatoms. The molecule has 138 valence electrons. The van der Waals surface area contributed by atoms with Crippen LogP contribution in [0.15, 0.2) is 48.5 Å². The maximum absolute atomic E-state index is 13.0. The van der Waals surface area contributed by atoms with Crippen LogP contribution in [0, 0.1) is 6.92 Å². The van der Waals surface area contributed by atoms with Crippen molar-refractivity contribution in [3.8, 4) is 5.88 Å². The largest absolute Gasteiger partial charge is 0.407 e. The molecule has 3 rings (SSSR count). The van der Waals surface area contributed by atoms with E-state index in [4.69, 9.17) is 27.9 Å². The van der Waals surface area contributed by atoms with Crippen molar-refractivity contribution in [2.45, 2.75) is 13.3 Å². The number of aryl methyl sites for hydroxylation is 2. The summed E-state index contributed by atoms with van der Waals surface area (Å²) in [7, 11) is 1.61. The third-order valence-electron chi connectivity index (χ3n) is 3.97. The highest BCUT2D eigenvalue weighted by atomic mass is 35.5. The van der Waals surface area contributed by atoms with Crippen molar-refractivity contribution in [1.29, 1.82) is 0 Å². The van der Waals surface area contributed by atoms with Crippen molar-refractivity contribution in [2.75, 3.05) is 0 Å². The summed E-state index contributed by atoms with van der Waals surface area (Å²) in [6, 6.07) is 13.8. The van der Waals surface area contributed by atoms with Crippen LogP contribution in [0.2, 0.25) is 10.0 Å². The molecular weight excluding hydrogens is 387 g/mol. The number of ether oxygens (including phenoxy) is 1. The Balaban J connectivity index is 1.91. The van der Waals surface area contributed by atoms with E-state index in [0.29, 0.717) is 10.7 Å². The van der Waals surface area contributed by atoms with E-state index in [9.17, 15) is 9.59 Å². The lowest BCUT2D eigenvalue weighted by atomic mass is 10.0. The summed E-state index contributed by atoms with van der Waals surface area (Å²) < 4.78 is 6.85. The Labute approximate surface area is 166 Å². The molecule has 0 spiro atoms. The third kappa shape index (κ3) is 4.21. The number of ketones is 1. The standard InChI is InChI=1S/C20H16Cl2N2O3/c1-12-18(19(26)15-9-8-14(21)11-16(15)22)20(24(2)23-12)27-17(25)10-13-6-4-3-5-7-13/h3-9,11H,10H2,1-2H3. The molecule has 0 radical (unpaired) electrons. The average Bonchev–Trinajstić information content (AvgIpc) is 2.88. The molecule has 0 aliphatic rings. The fraction of sp³-hybridized carbons (Fsp3) is 0.150. The molecule has 0 saturated heterocycles. The number of esters is 1. The fourth-order valence-electron chi connectivity index (χ4n) is 2.73. The molecule has 5 nitrogen and oxygen atoms in total. The molecule has 0 saturated carbocycles. The number of hydrogen-bond acceptors (Lipinski definition) is 4. The van der Waals surface area contributed by atoms with Crippen LogP contribution >= 0.6 is 23.2 Å². The topological polar surface area (TPSA) is 61.2 Å². The lowest BCUT2D eigenvalue weighted by molar-refractivity contribution is -0.134. The van der Waals surface area contributed by atoms with Crippen LogP contribution < -0.4 is 4.74 Å². The quantitative estimate of drug-likeness (QED) is 0.468. The predicted octanol–water partition coefficient (Wildman–Crippen LogP) is 4.41. The molecule has 0 N–H and O–H groups in total. The third-order valence-corrected chi connectivity index (χ3v) is 4.52. The first kappa shape index (κ1) is 19.1. The van der Waals surface area contributed by atoms with Gasteiger partial charge in [-0.1, -0.05) is 53.5 Å². The van der Waals surface area contributed by atoms with E-state index in [2.05, 4.69) is 5.10 Å². The van der Waals surface area contributed by atoms with E-state index in [1.165, 1.54) is 16.8 Å². The zero-order valence-electron chi connectivity index (χ0n) is 14.7. The van der Waals surface area contributed by atoms with Gasteiger partial charge in [-0.15, -0.1) is 0 Å². The molecule has 2 aromatic carbocycles. The molecule has 0 unspecified atom stereocenters. The van der Waals surface area contributed by atoms with Gasteiger partial charge in [0.25, 0.3) is 0 Å². The Hall–Kier alpha value is -2.63. The van der Waals surface area contributed by atoms with Crippen LogP contribution in [0.25, 0.3) is 0 Å². The molecule has 0 atom stereocenters. The summed E-state index contributed by atoms with van der Waals surface area (Å²) in [6.07, 6.45) is 0.0837. The van der Waals surface area contributed by atoms with Crippen molar-refractivity contribution >= 4 is 35.0 Å². The van der Waals surface area contributed by atoms with Gasteiger partial charge in [-0.3, -0.25) is 9.59 Å². The van der Waals surface area contributed by atoms with Crippen LogP contribution in [0.4, 0.5) is 0 Å². The maximum atomic E-state index is 13.0. The smallest absolute Gasteiger partial charge is 0.316 e. The Morgan fingerprint density at radius 3 is 2.48 bits per heavy atom. The van der Waals surface area contributed by atoms with E-state index in [0.717, 1.165) is 5.56 Å². The fourth-order valence-corrected chi connectivity index (χ4v) is 3.22. The number of carbonyl (C=O) groups excluding carboxylic acids is 2. The Morgan fingerprint density at radius 2 is 1.81 bits per heavy atom. The molecule has 3 aromatic rings. The second kappa shape index (κ2) is 7.94. The molecule has 1 heterocycles. The minimum absolute atomic E-state index is 0.0837. The van der Waals surface area contributed by atoms with Gasteiger partial charge in [0.1, 0.15) is 5.56 Å². The summed E-state index contributed by atoms with van der Waals surface area (Å²) in [5.41, 5.74) is 1.71. The molecule has 0 aliphatic carbocycles. The first-order valence-corrected chi connectivity index (χ1v) is 8.90. The summed E-state index contributed by atoms with van der Waals surface area (Å²) >= 11 is 12.1. The normalized spacial score (nSPS) is 10.7. The van der Waals surface area contributed by atoms with Crippen LogP contribution in [0.3, 0.4) is 0 Å². The Morgan fingerprint density at radius 1 is 1.11 bits per heavy atom. The lowest BCUT2D eigenvalue weighted by Crippen LogP contribution is -2.16. The number of carbonyl (C=O) groups is 2. The Kier molecular flexibility index (Phi) is 5.63. The van der Waals surface area contributed by atoms with E-state index < -0.39 is 5.97 Å². The molecule has 0 aliphatic heterocycles. The highest BCUT2D eigenvalue weighted by Crippen LogP contribution is 2.29. The van der Waals surface area contributed by atoms with E-state index in [1.54, 1.807) is 20.0 Å². The van der Waals surface area contributed by atoms with Gasteiger partial charge in [-0.05, 0) is 30.7 Å². The maximum Gasteiger partial charge on any atom is 0.316 e. The molecule has 27 heavy (non-hydrogen) atoms. The van der Waals surface area contributed by atoms with E-state index >= 15 is 0 Å². The average molecular weight is 403 g/mol. The lowest BCUT2D eigenvalue weighted by Gasteiger charge is -2.08. The number of nitrogens with zero attached hydrogens (tertiary/aromatic N) is 2. The zero-order valence-corrected chi connectivity index (χ0v) is 16.2. The zero-order chi connectivity index (χ0) is 19.6. The molecular formula is C20H16Cl2N2O3. The number of hydrogen-bond donors (Lipinski definition) is 0. The summed E-state index contributed by atoms with van der Waals surface area (Å²) in [5, 5.41) is 4.86. The van der Waals surface area contributed by atoms with Gasteiger partial charge in [0.05, 0.1) is 17.1 Å². The molecule has 0 fully saturated rings. The highest BCUT2D eigenvalue weighted by Gasteiger charge is 2.26. The van der Waals surface area contributed by atoms with Crippen molar-refractivity contribution in [3.63, 3.8) is 0 Å². The number of aromatic nitrogens is 2. The van der Waals surface area contributed by atoms with Crippen molar-refractivity contribution in [1.82, 2.24) is 9.78 Å². The van der Waals surface area contributed by atoms with Crippen LogP contribution in [0.5, 0.6) is 5.88 Å². The second-order valence-corrected chi connectivity index (χ2v) is 6.82. The van der Waals surface area contributed by atoms with Gasteiger partial charge in [-0.2, -0.15) is 5.10 Å². The summed E-state index contributed by atoms with van der Waals surface area (Å²) in [5.74, 6) is -0.783. The number of rotatable bonds is 5. The highest BCUT2D eigenvalue weighted by molar-refractivity contribution is 6.37. The van der Waals surface area contributed by atoms with Gasteiger partial charge >= 0.3 is 5.97 Å². The van der Waals surface area contributed by atoms with Crippen molar-refractivity contribution < 1.29 is 14.3 Å². The van der Waals surface area contributed by atoms with Crippen LogP contribution in [-0.2, 0) is 18.3 Å². The van der Waals surface area contributed by atoms with Crippen LogP contribution in [0.1, 0.15) is 27.2 Å². The minimum Gasteiger partial charge on any atom is -0.407 e. The van der Waals surface area contributed by atoms with Crippen LogP contribution in [-0.4, -0.2) is 21.5 Å². The molecule has 0 bridgehead atoms. The van der Waals surface area contributed by atoms with E-state index in [1.807, 2.05) is 30.3 Å².